The SMILES string of the molecule is CCOP(=O)(OCC)C(=O)C=C1NN(c2ccc(F)cc2)C=C1c1ccc(Cl)cc1. The fraction of sp³-hybridized carbons (Fsp3) is 0.190. The van der Waals surface area contributed by atoms with Gasteiger partial charge in [0.25, 0.3) is 5.52 Å². The molecule has 1 N–H and O–H groups in total. The Hall–Kier alpha value is -2.44. The lowest BCUT2D eigenvalue weighted by molar-refractivity contribution is -0.109. The summed E-state index contributed by atoms with van der Waals surface area (Å²) >= 11 is 5.99. The molecule has 0 saturated carbocycles. The second kappa shape index (κ2) is 9.58. The molecule has 3 rings (SSSR count). The van der Waals surface area contributed by atoms with Gasteiger partial charge in [0.15, 0.2) is 0 Å². The molecule has 0 fully saturated rings. The Morgan fingerprint density at radius 1 is 1.10 bits per heavy atom. The van der Waals surface area contributed by atoms with Crippen LogP contribution in [-0.2, 0) is 18.4 Å². The largest absolute Gasteiger partial charge is 0.401 e. The van der Waals surface area contributed by atoms with Crippen molar-refractivity contribution in [1.29, 1.82) is 0 Å². The highest BCUT2D eigenvalue weighted by Crippen LogP contribution is 2.50. The second-order valence-electron chi connectivity index (χ2n) is 6.24. The third kappa shape index (κ3) is 4.99. The summed E-state index contributed by atoms with van der Waals surface area (Å²) < 4.78 is 36.4. The minimum atomic E-state index is -3.96. The van der Waals surface area contributed by atoms with Crippen LogP contribution in [0.2, 0.25) is 5.02 Å². The molecule has 158 valence electrons. The molecule has 0 amide bonds. The molecule has 0 saturated heterocycles. The van der Waals surface area contributed by atoms with Gasteiger partial charge in [-0.3, -0.25) is 19.8 Å². The third-order valence-corrected chi connectivity index (χ3v) is 6.30. The quantitative estimate of drug-likeness (QED) is 0.422. The molecule has 0 atom stereocenters. The smallest absolute Gasteiger partial charge is 0.303 e. The highest BCUT2D eigenvalue weighted by molar-refractivity contribution is 7.72. The maximum Gasteiger partial charge on any atom is 0.401 e. The van der Waals surface area contributed by atoms with Crippen LogP contribution in [-0.4, -0.2) is 18.7 Å². The average Bonchev–Trinajstić information content (AvgIpc) is 3.13. The molecule has 0 aromatic heterocycles. The summed E-state index contributed by atoms with van der Waals surface area (Å²) in [4.78, 5) is 12.8. The molecule has 0 bridgehead atoms. The lowest BCUT2D eigenvalue weighted by atomic mass is 10.0. The lowest BCUT2D eigenvalue weighted by Gasteiger charge is -2.18. The molecule has 0 radical (unpaired) electrons. The van der Waals surface area contributed by atoms with E-state index in [2.05, 4.69) is 5.43 Å². The van der Waals surface area contributed by atoms with Crippen molar-refractivity contribution in [2.75, 3.05) is 18.2 Å². The maximum atomic E-state index is 13.3. The molecule has 2 aromatic carbocycles. The minimum absolute atomic E-state index is 0.0706. The molecule has 0 spiro atoms. The van der Waals surface area contributed by atoms with Crippen molar-refractivity contribution in [3.05, 3.63) is 82.9 Å². The molecule has 1 heterocycles. The van der Waals surface area contributed by atoms with Gasteiger partial charge in [0.1, 0.15) is 5.82 Å². The summed E-state index contributed by atoms with van der Waals surface area (Å²) in [7, 11) is -3.96. The zero-order chi connectivity index (χ0) is 21.7. The highest BCUT2D eigenvalue weighted by atomic mass is 35.5. The van der Waals surface area contributed by atoms with Gasteiger partial charge in [-0.05, 0) is 55.8 Å². The Morgan fingerprint density at radius 3 is 2.27 bits per heavy atom. The molecule has 9 heteroatoms. The van der Waals surface area contributed by atoms with Crippen molar-refractivity contribution in [3.63, 3.8) is 0 Å². The Kier molecular flexibility index (Phi) is 7.10. The van der Waals surface area contributed by atoms with Crippen LogP contribution in [0.1, 0.15) is 19.4 Å². The fourth-order valence-corrected chi connectivity index (χ4v) is 4.26. The molecular formula is C21H21ClFN2O4P. The van der Waals surface area contributed by atoms with Gasteiger partial charge in [-0.25, -0.2) is 4.39 Å². The Labute approximate surface area is 179 Å². The fourth-order valence-electron chi connectivity index (χ4n) is 2.84. The van der Waals surface area contributed by atoms with Crippen LogP contribution < -0.4 is 10.4 Å². The molecule has 2 aromatic rings. The molecule has 1 aliphatic heterocycles. The van der Waals surface area contributed by atoms with Crippen molar-refractivity contribution >= 4 is 36.0 Å². The summed E-state index contributed by atoms with van der Waals surface area (Å²) in [6, 6.07) is 12.9. The molecule has 6 nitrogen and oxygen atoms in total. The average molecular weight is 451 g/mol. The Bertz CT molecular complexity index is 1010. The first-order valence-corrected chi connectivity index (χ1v) is 11.2. The summed E-state index contributed by atoms with van der Waals surface area (Å²) in [5, 5.41) is 2.20. The van der Waals surface area contributed by atoms with Crippen LogP contribution in [0.4, 0.5) is 10.1 Å². The number of anilines is 1. The molecule has 30 heavy (non-hydrogen) atoms. The van der Waals surface area contributed by atoms with E-state index in [4.69, 9.17) is 20.6 Å². The molecule has 1 aliphatic rings. The number of nitrogens with one attached hydrogen (secondary N) is 1. The van der Waals surface area contributed by atoms with E-state index in [9.17, 15) is 13.8 Å². The van der Waals surface area contributed by atoms with E-state index in [1.807, 2.05) is 0 Å². The van der Waals surface area contributed by atoms with Crippen LogP contribution in [0, 0.1) is 5.82 Å². The zero-order valence-corrected chi connectivity index (χ0v) is 18.1. The van der Waals surface area contributed by atoms with Gasteiger partial charge in [0, 0.05) is 22.9 Å². The number of hydrogen-bond donors (Lipinski definition) is 1. The van der Waals surface area contributed by atoms with Crippen LogP contribution in [0.5, 0.6) is 0 Å². The van der Waals surface area contributed by atoms with Gasteiger partial charge >= 0.3 is 7.60 Å². The van der Waals surface area contributed by atoms with Crippen LogP contribution in [0.25, 0.3) is 5.57 Å². The van der Waals surface area contributed by atoms with E-state index in [1.54, 1.807) is 61.5 Å². The van der Waals surface area contributed by atoms with E-state index in [1.165, 1.54) is 18.2 Å². The van der Waals surface area contributed by atoms with E-state index >= 15 is 0 Å². The number of carbonyl (C=O) groups excluding carboxylic acids is 1. The van der Waals surface area contributed by atoms with Crippen LogP contribution in [0.15, 0.2) is 66.5 Å². The first-order chi connectivity index (χ1) is 14.4. The first-order valence-electron chi connectivity index (χ1n) is 9.31. The van der Waals surface area contributed by atoms with Gasteiger partial charge in [-0.2, -0.15) is 0 Å². The van der Waals surface area contributed by atoms with E-state index < -0.39 is 13.1 Å². The number of rotatable bonds is 8. The summed E-state index contributed by atoms with van der Waals surface area (Å²) in [5.41, 5.74) is 4.78. The van der Waals surface area contributed by atoms with Crippen LogP contribution in [0.3, 0.4) is 0 Å². The normalized spacial score (nSPS) is 15.3. The number of hydrogen-bond acceptors (Lipinski definition) is 6. The number of hydrazine groups is 1. The number of benzene rings is 2. The van der Waals surface area contributed by atoms with Gasteiger partial charge < -0.3 is 9.05 Å². The maximum absolute atomic E-state index is 13.3. The van der Waals surface area contributed by atoms with Gasteiger partial charge in [-0.15, -0.1) is 0 Å². The molecule has 0 unspecified atom stereocenters. The zero-order valence-electron chi connectivity index (χ0n) is 16.5. The molecule has 0 aliphatic carbocycles. The standard InChI is InChI=1S/C21H21ClFN2O4P/c1-3-28-30(27,29-4-2)21(26)13-20-19(15-5-7-16(22)8-6-15)14-25(24-20)18-11-9-17(23)10-12-18/h5-14,24H,3-4H2,1-2H3. The topological polar surface area (TPSA) is 67.9 Å². The number of halogens is 2. The lowest BCUT2D eigenvalue weighted by Crippen LogP contribution is -2.27. The summed E-state index contributed by atoms with van der Waals surface area (Å²) in [5.74, 6) is -0.361. The summed E-state index contributed by atoms with van der Waals surface area (Å²) in [6.45, 7) is 3.41. The van der Waals surface area contributed by atoms with E-state index in [0.29, 0.717) is 22.0 Å². The Morgan fingerprint density at radius 2 is 1.70 bits per heavy atom. The predicted molar refractivity (Wildman–Crippen MR) is 115 cm³/mol. The monoisotopic (exact) mass is 450 g/mol. The van der Waals surface area contributed by atoms with Crippen LogP contribution >= 0.6 is 19.2 Å². The second-order valence-corrected chi connectivity index (χ2v) is 8.63. The van der Waals surface area contributed by atoms with Crippen molar-refractivity contribution in [2.24, 2.45) is 0 Å². The predicted octanol–water partition coefficient (Wildman–Crippen LogP) is 5.52. The van der Waals surface area contributed by atoms with E-state index in [0.717, 1.165) is 5.56 Å². The van der Waals surface area contributed by atoms with Crippen molar-refractivity contribution in [1.82, 2.24) is 5.43 Å². The van der Waals surface area contributed by atoms with Crippen molar-refractivity contribution in [3.8, 4) is 0 Å². The third-order valence-electron chi connectivity index (χ3n) is 4.19. The minimum Gasteiger partial charge on any atom is -0.303 e. The van der Waals surface area contributed by atoms with Gasteiger partial charge in [0.05, 0.1) is 24.6 Å². The van der Waals surface area contributed by atoms with E-state index in [-0.39, 0.29) is 19.0 Å². The van der Waals surface area contributed by atoms with Crippen molar-refractivity contribution < 1.29 is 22.8 Å². The van der Waals surface area contributed by atoms with Gasteiger partial charge in [0.2, 0.25) is 0 Å². The number of nitrogens with zero attached hydrogens (tertiary/aromatic N) is 1. The summed E-state index contributed by atoms with van der Waals surface area (Å²) in [6.07, 6.45) is 2.96. The van der Waals surface area contributed by atoms with Crippen molar-refractivity contribution in [2.45, 2.75) is 13.8 Å². The highest BCUT2D eigenvalue weighted by Gasteiger charge is 2.34. The Balaban J connectivity index is 2.00. The number of allylic oxidation sites excluding steroid dienone is 2. The van der Waals surface area contributed by atoms with Gasteiger partial charge in [-0.1, -0.05) is 23.7 Å². The first kappa shape index (κ1) is 22.2. The number of carbonyl (C=O) groups is 1. The molecular weight excluding hydrogens is 430 g/mol.